The maximum Gasteiger partial charge on any atom is 0.411 e. The molecule has 3 rings (SSSR count). The Morgan fingerprint density at radius 2 is 1.75 bits per heavy atom. The van der Waals surface area contributed by atoms with Crippen molar-refractivity contribution >= 4 is 35.3 Å². The van der Waals surface area contributed by atoms with Crippen molar-refractivity contribution in [3.63, 3.8) is 0 Å². The third-order valence-corrected chi connectivity index (χ3v) is 5.46. The summed E-state index contributed by atoms with van der Waals surface area (Å²) in [6.07, 6.45) is -0.568. The predicted molar refractivity (Wildman–Crippen MR) is 121 cm³/mol. The van der Waals surface area contributed by atoms with Crippen LogP contribution in [0.4, 0.5) is 10.5 Å². The number of nitrogens with one attached hydrogen (secondary N) is 1. The van der Waals surface area contributed by atoms with Crippen LogP contribution in [-0.2, 0) is 14.3 Å². The zero-order valence-corrected chi connectivity index (χ0v) is 18.8. The van der Waals surface area contributed by atoms with Crippen LogP contribution in [0, 0.1) is 0 Å². The summed E-state index contributed by atoms with van der Waals surface area (Å²) in [6, 6.07) is 13.3. The largest absolute Gasteiger partial charge is 0.468 e. The molecule has 1 aliphatic rings. The van der Waals surface area contributed by atoms with Crippen molar-refractivity contribution in [1.82, 2.24) is 9.80 Å². The molecule has 0 radical (unpaired) electrons. The number of carbonyl (C=O) groups excluding carboxylic acids is 3. The lowest BCUT2D eigenvalue weighted by molar-refractivity contribution is -0.148. The van der Waals surface area contributed by atoms with Crippen molar-refractivity contribution in [1.29, 1.82) is 0 Å². The highest BCUT2D eigenvalue weighted by Crippen LogP contribution is 2.26. The minimum absolute atomic E-state index is 0.140. The van der Waals surface area contributed by atoms with Crippen LogP contribution in [0.25, 0.3) is 0 Å². The monoisotopic (exact) mass is 459 g/mol. The number of hydrogen-bond donors (Lipinski definition) is 1. The molecule has 1 aliphatic heterocycles. The van der Waals surface area contributed by atoms with Gasteiger partial charge in [-0.25, -0.2) is 9.59 Å². The number of benzene rings is 2. The van der Waals surface area contributed by atoms with Gasteiger partial charge >= 0.3 is 12.1 Å². The Bertz CT molecular complexity index is 958. The van der Waals surface area contributed by atoms with Gasteiger partial charge in [0.1, 0.15) is 6.04 Å². The van der Waals surface area contributed by atoms with E-state index in [1.54, 1.807) is 48.2 Å². The molecule has 1 saturated heterocycles. The lowest BCUT2D eigenvalue weighted by atomic mass is 10.0. The molecule has 1 N–H and O–H groups in total. The maximum absolute atomic E-state index is 13.0. The highest BCUT2D eigenvalue weighted by atomic mass is 35.5. The molecular formula is C23H26ClN3O5. The van der Waals surface area contributed by atoms with E-state index < -0.39 is 12.1 Å². The van der Waals surface area contributed by atoms with Gasteiger partial charge in [-0.1, -0.05) is 29.8 Å². The molecule has 0 bridgehead atoms. The summed E-state index contributed by atoms with van der Waals surface area (Å²) in [7, 11) is 1.36. The van der Waals surface area contributed by atoms with E-state index in [0.717, 1.165) is 5.56 Å². The zero-order valence-electron chi connectivity index (χ0n) is 18.0. The molecule has 1 heterocycles. The first kappa shape index (κ1) is 23.6. The number of nitrogens with zero attached hydrogens (tertiary/aromatic N) is 2. The second-order valence-electron chi connectivity index (χ2n) is 7.23. The molecule has 0 saturated carbocycles. The number of ether oxygens (including phenoxy) is 2. The number of amides is 2. The van der Waals surface area contributed by atoms with Crippen LogP contribution >= 0.6 is 11.6 Å². The predicted octanol–water partition coefficient (Wildman–Crippen LogP) is 3.58. The summed E-state index contributed by atoms with van der Waals surface area (Å²) < 4.78 is 9.89. The molecule has 9 heteroatoms. The summed E-state index contributed by atoms with van der Waals surface area (Å²) in [5.74, 6) is -0.497. The van der Waals surface area contributed by atoms with E-state index in [-0.39, 0.29) is 18.5 Å². The Morgan fingerprint density at radius 3 is 2.38 bits per heavy atom. The van der Waals surface area contributed by atoms with Crippen molar-refractivity contribution in [3.8, 4) is 0 Å². The molecule has 2 aromatic rings. The van der Waals surface area contributed by atoms with E-state index in [4.69, 9.17) is 21.1 Å². The van der Waals surface area contributed by atoms with E-state index in [1.165, 1.54) is 7.11 Å². The molecule has 0 aromatic heterocycles. The summed E-state index contributed by atoms with van der Waals surface area (Å²) in [5.41, 5.74) is 1.75. The summed E-state index contributed by atoms with van der Waals surface area (Å²) >= 11 is 5.98. The van der Waals surface area contributed by atoms with Gasteiger partial charge in [-0.05, 0) is 42.8 Å². The normalized spacial score (nSPS) is 15.0. The summed E-state index contributed by atoms with van der Waals surface area (Å²) in [4.78, 5) is 40.8. The number of rotatable bonds is 6. The highest BCUT2D eigenvalue weighted by molar-refractivity contribution is 6.30. The second-order valence-corrected chi connectivity index (χ2v) is 7.67. The highest BCUT2D eigenvalue weighted by Gasteiger charge is 2.32. The van der Waals surface area contributed by atoms with Crippen LogP contribution in [0.3, 0.4) is 0 Å². The van der Waals surface area contributed by atoms with Gasteiger partial charge in [-0.3, -0.25) is 15.0 Å². The average molecular weight is 460 g/mol. The van der Waals surface area contributed by atoms with Gasteiger partial charge < -0.3 is 14.4 Å². The van der Waals surface area contributed by atoms with Crippen LogP contribution in [0.5, 0.6) is 0 Å². The first-order chi connectivity index (χ1) is 15.4. The Kier molecular flexibility index (Phi) is 8.08. The van der Waals surface area contributed by atoms with Crippen molar-refractivity contribution in [3.05, 3.63) is 64.7 Å². The fourth-order valence-corrected chi connectivity index (χ4v) is 3.76. The van der Waals surface area contributed by atoms with E-state index in [2.05, 4.69) is 5.32 Å². The maximum atomic E-state index is 13.0. The van der Waals surface area contributed by atoms with Crippen LogP contribution in [0.2, 0.25) is 5.02 Å². The van der Waals surface area contributed by atoms with Crippen LogP contribution in [-0.4, -0.2) is 67.7 Å². The molecule has 1 fully saturated rings. The van der Waals surface area contributed by atoms with Crippen molar-refractivity contribution in [2.24, 2.45) is 0 Å². The first-order valence-electron chi connectivity index (χ1n) is 10.3. The smallest absolute Gasteiger partial charge is 0.411 e. The van der Waals surface area contributed by atoms with E-state index in [9.17, 15) is 14.4 Å². The molecule has 1 atom stereocenters. The number of carbonyl (C=O) groups is 3. The van der Waals surface area contributed by atoms with Gasteiger partial charge in [0.2, 0.25) is 0 Å². The Morgan fingerprint density at radius 1 is 1.06 bits per heavy atom. The average Bonchev–Trinajstić information content (AvgIpc) is 2.80. The van der Waals surface area contributed by atoms with Gasteiger partial charge in [-0.2, -0.15) is 0 Å². The third-order valence-electron chi connectivity index (χ3n) is 5.21. The lowest BCUT2D eigenvalue weighted by Gasteiger charge is -2.38. The van der Waals surface area contributed by atoms with E-state index >= 15 is 0 Å². The SMILES string of the molecule is CCOC(=O)Nc1cccc(C(=O)N2CCN(C(C(=O)OC)c3ccc(Cl)cc3)CC2)c1. The van der Waals surface area contributed by atoms with Gasteiger partial charge in [-0.15, -0.1) is 0 Å². The minimum Gasteiger partial charge on any atom is -0.468 e. The number of halogens is 1. The van der Waals surface area contributed by atoms with E-state index in [1.807, 2.05) is 17.0 Å². The first-order valence-corrected chi connectivity index (χ1v) is 10.7. The van der Waals surface area contributed by atoms with Gasteiger partial charge in [0.25, 0.3) is 5.91 Å². The second kappa shape index (κ2) is 11.0. The molecule has 8 nitrogen and oxygen atoms in total. The van der Waals surface area contributed by atoms with Gasteiger partial charge in [0, 0.05) is 42.5 Å². The Labute approximate surface area is 192 Å². The quantitative estimate of drug-likeness (QED) is 0.664. The molecule has 0 spiro atoms. The van der Waals surface area contributed by atoms with Crippen LogP contribution in [0.15, 0.2) is 48.5 Å². The molecule has 170 valence electrons. The summed E-state index contributed by atoms with van der Waals surface area (Å²) in [5, 5.41) is 3.19. The standard InChI is InChI=1S/C23H26ClN3O5/c1-3-32-23(30)25-19-6-4-5-17(15-19)21(28)27-13-11-26(12-14-27)20(22(29)31-2)16-7-9-18(24)10-8-16/h4-10,15,20H,3,11-14H2,1-2H3,(H,25,30). The van der Waals surface area contributed by atoms with E-state index in [0.29, 0.717) is 42.5 Å². The number of methoxy groups -OCH3 is 1. The van der Waals surface area contributed by atoms with Gasteiger partial charge in [0.05, 0.1) is 13.7 Å². The van der Waals surface area contributed by atoms with Crippen molar-refractivity contribution < 1.29 is 23.9 Å². The molecule has 32 heavy (non-hydrogen) atoms. The lowest BCUT2D eigenvalue weighted by Crippen LogP contribution is -2.51. The van der Waals surface area contributed by atoms with Gasteiger partial charge in [0.15, 0.2) is 0 Å². The Hall–Kier alpha value is -3.10. The number of anilines is 1. The number of esters is 1. The molecule has 0 aliphatic carbocycles. The third kappa shape index (κ3) is 5.77. The fraction of sp³-hybridized carbons (Fsp3) is 0.348. The number of hydrogen-bond acceptors (Lipinski definition) is 6. The van der Waals surface area contributed by atoms with Crippen LogP contribution < -0.4 is 5.32 Å². The summed E-state index contributed by atoms with van der Waals surface area (Å²) in [6.45, 7) is 3.91. The topological polar surface area (TPSA) is 88.2 Å². The Balaban J connectivity index is 1.66. The molecule has 2 aromatic carbocycles. The molecular weight excluding hydrogens is 434 g/mol. The zero-order chi connectivity index (χ0) is 23.1. The van der Waals surface area contributed by atoms with Crippen LogP contribution in [0.1, 0.15) is 28.9 Å². The van der Waals surface area contributed by atoms with Crippen molar-refractivity contribution in [2.75, 3.05) is 45.2 Å². The van der Waals surface area contributed by atoms with Crippen molar-refractivity contribution in [2.45, 2.75) is 13.0 Å². The fourth-order valence-electron chi connectivity index (χ4n) is 3.63. The molecule has 2 amide bonds. The minimum atomic E-state index is -0.568. The molecule has 1 unspecified atom stereocenters. The number of piperazine rings is 1.